The molecule has 0 aromatic carbocycles. The van der Waals surface area contributed by atoms with E-state index in [9.17, 15) is 4.79 Å². The molecule has 1 rings (SSSR count). The van der Waals surface area contributed by atoms with E-state index in [0.717, 1.165) is 32.4 Å². The molecule has 0 radical (unpaired) electrons. The van der Waals surface area contributed by atoms with Crippen LogP contribution in [0.3, 0.4) is 0 Å². The minimum absolute atomic E-state index is 0.226. The van der Waals surface area contributed by atoms with Crippen molar-refractivity contribution in [1.82, 2.24) is 4.90 Å². The molecule has 1 atom stereocenters. The third kappa shape index (κ3) is 2.99. The summed E-state index contributed by atoms with van der Waals surface area (Å²) < 4.78 is 0. The SMILES string of the molecule is CC(C)CN1CCCC[C@@H]1C(=O)O. The summed E-state index contributed by atoms with van der Waals surface area (Å²) in [6.07, 6.45) is 3.03. The van der Waals surface area contributed by atoms with Crippen molar-refractivity contribution in [2.45, 2.75) is 39.2 Å². The molecule has 1 aliphatic rings. The predicted molar refractivity (Wildman–Crippen MR) is 51.7 cm³/mol. The molecule has 0 aliphatic carbocycles. The van der Waals surface area contributed by atoms with Crippen molar-refractivity contribution in [2.24, 2.45) is 5.92 Å². The third-order valence-corrected chi connectivity index (χ3v) is 2.50. The number of hydrogen-bond acceptors (Lipinski definition) is 2. The van der Waals surface area contributed by atoms with Gasteiger partial charge in [0, 0.05) is 6.54 Å². The van der Waals surface area contributed by atoms with Gasteiger partial charge in [0.15, 0.2) is 0 Å². The largest absolute Gasteiger partial charge is 0.480 e. The number of carboxylic acid groups (broad SMARTS) is 1. The van der Waals surface area contributed by atoms with Gasteiger partial charge in [-0.05, 0) is 25.3 Å². The van der Waals surface area contributed by atoms with E-state index < -0.39 is 5.97 Å². The maximum atomic E-state index is 10.9. The minimum atomic E-state index is -0.652. The summed E-state index contributed by atoms with van der Waals surface area (Å²) in [4.78, 5) is 13.0. The van der Waals surface area contributed by atoms with Gasteiger partial charge in [0.05, 0.1) is 0 Å². The number of aliphatic carboxylic acids is 1. The molecule has 0 aromatic rings. The molecule has 1 heterocycles. The van der Waals surface area contributed by atoms with E-state index in [4.69, 9.17) is 5.11 Å². The first kappa shape index (κ1) is 10.5. The second kappa shape index (κ2) is 4.61. The van der Waals surface area contributed by atoms with Gasteiger partial charge in [-0.25, -0.2) is 0 Å². The molecule has 0 aromatic heterocycles. The number of carboxylic acids is 1. The molecule has 0 unspecified atom stereocenters. The quantitative estimate of drug-likeness (QED) is 0.725. The lowest BCUT2D eigenvalue weighted by Crippen LogP contribution is -2.46. The fourth-order valence-electron chi connectivity index (χ4n) is 1.96. The van der Waals surface area contributed by atoms with E-state index in [1.165, 1.54) is 0 Å². The summed E-state index contributed by atoms with van der Waals surface area (Å²) in [5.41, 5.74) is 0. The van der Waals surface area contributed by atoms with E-state index in [-0.39, 0.29) is 6.04 Å². The van der Waals surface area contributed by atoms with Gasteiger partial charge in [0.2, 0.25) is 0 Å². The molecule has 1 N–H and O–H groups in total. The van der Waals surface area contributed by atoms with E-state index in [1.807, 2.05) is 0 Å². The summed E-state index contributed by atoms with van der Waals surface area (Å²) in [5.74, 6) is -0.0969. The highest BCUT2D eigenvalue weighted by Gasteiger charge is 2.28. The number of piperidine rings is 1. The van der Waals surface area contributed by atoms with Gasteiger partial charge in [-0.1, -0.05) is 20.3 Å². The van der Waals surface area contributed by atoms with E-state index in [2.05, 4.69) is 18.7 Å². The fourth-order valence-corrected chi connectivity index (χ4v) is 1.96. The zero-order valence-electron chi connectivity index (χ0n) is 8.49. The molecule has 0 amide bonds. The Kier molecular flexibility index (Phi) is 3.72. The maximum Gasteiger partial charge on any atom is 0.320 e. The molecule has 1 fully saturated rings. The second-order valence-electron chi connectivity index (χ2n) is 4.24. The topological polar surface area (TPSA) is 40.5 Å². The average Bonchev–Trinajstić information content (AvgIpc) is 2.03. The Bertz CT molecular complexity index is 180. The molecule has 0 spiro atoms. The first-order valence-corrected chi connectivity index (χ1v) is 5.08. The van der Waals surface area contributed by atoms with Crippen LogP contribution < -0.4 is 0 Å². The molecular formula is C10H19NO2. The minimum Gasteiger partial charge on any atom is -0.480 e. The zero-order valence-corrected chi connectivity index (χ0v) is 8.49. The predicted octanol–water partition coefficient (Wildman–Crippen LogP) is 1.58. The molecule has 3 nitrogen and oxygen atoms in total. The molecule has 0 bridgehead atoms. The maximum absolute atomic E-state index is 10.9. The molecule has 1 saturated heterocycles. The van der Waals surface area contributed by atoms with Crippen LogP contribution in [0.1, 0.15) is 33.1 Å². The van der Waals surface area contributed by atoms with Crippen molar-refractivity contribution >= 4 is 5.97 Å². The molecule has 0 saturated carbocycles. The Morgan fingerprint density at radius 3 is 2.77 bits per heavy atom. The summed E-state index contributed by atoms with van der Waals surface area (Å²) in [7, 11) is 0. The van der Waals surface area contributed by atoms with Gasteiger partial charge in [0.1, 0.15) is 6.04 Å². The van der Waals surface area contributed by atoms with E-state index in [0.29, 0.717) is 5.92 Å². The number of hydrogen-bond donors (Lipinski definition) is 1. The van der Waals surface area contributed by atoms with Crippen LogP contribution in [0.4, 0.5) is 0 Å². The van der Waals surface area contributed by atoms with Crippen molar-refractivity contribution in [3.05, 3.63) is 0 Å². The van der Waals surface area contributed by atoms with Crippen molar-refractivity contribution in [2.75, 3.05) is 13.1 Å². The van der Waals surface area contributed by atoms with E-state index >= 15 is 0 Å². The first-order chi connectivity index (χ1) is 6.11. The molecule has 76 valence electrons. The smallest absolute Gasteiger partial charge is 0.320 e. The lowest BCUT2D eigenvalue weighted by molar-refractivity contribution is -0.144. The molecule has 1 aliphatic heterocycles. The van der Waals surface area contributed by atoms with Crippen LogP contribution in [-0.2, 0) is 4.79 Å². The summed E-state index contributed by atoms with van der Waals surface area (Å²) >= 11 is 0. The number of likely N-dealkylation sites (tertiary alicyclic amines) is 1. The lowest BCUT2D eigenvalue weighted by atomic mass is 10.0. The lowest BCUT2D eigenvalue weighted by Gasteiger charge is -2.33. The van der Waals surface area contributed by atoms with E-state index in [1.54, 1.807) is 0 Å². The number of rotatable bonds is 3. The van der Waals surface area contributed by atoms with Gasteiger partial charge in [0.25, 0.3) is 0 Å². The van der Waals surface area contributed by atoms with Crippen molar-refractivity contribution in [3.8, 4) is 0 Å². The molecule has 13 heavy (non-hydrogen) atoms. The van der Waals surface area contributed by atoms with Crippen LogP contribution in [0.2, 0.25) is 0 Å². The first-order valence-electron chi connectivity index (χ1n) is 5.08. The Balaban J connectivity index is 2.51. The van der Waals surface area contributed by atoms with Gasteiger partial charge in [-0.15, -0.1) is 0 Å². The molecule has 3 heteroatoms. The Morgan fingerprint density at radius 1 is 1.54 bits per heavy atom. The van der Waals surface area contributed by atoms with Gasteiger partial charge >= 0.3 is 5.97 Å². The fraction of sp³-hybridized carbons (Fsp3) is 0.900. The Labute approximate surface area is 79.7 Å². The normalized spacial score (nSPS) is 25.0. The van der Waals surface area contributed by atoms with Crippen molar-refractivity contribution in [3.63, 3.8) is 0 Å². The molecular weight excluding hydrogens is 166 g/mol. The zero-order chi connectivity index (χ0) is 9.84. The van der Waals surface area contributed by atoms with Crippen LogP contribution in [0, 0.1) is 5.92 Å². The van der Waals surface area contributed by atoms with Crippen LogP contribution in [0.15, 0.2) is 0 Å². The highest BCUT2D eigenvalue weighted by molar-refractivity contribution is 5.73. The summed E-state index contributed by atoms with van der Waals surface area (Å²) in [6, 6.07) is -0.226. The third-order valence-electron chi connectivity index (χ3n) is 2.50. The number of carbonyl (C=O) groups is 1. The van der Waals surface area contributed by atoms with Crippen molar-refractivity contribution < 1.29 is 9.90 Å². The summed E-state index contributed by atoms with van der Waals surface area (Å²) in [5, 5.41) is 8.98. The van der Waals surface area contributed by atoms with Gasteiger partial charge in [-0.2, -0.15) is 0 Å². The Morgan fingerprint density at radius 2 is 2.23 bits per heavy atom. The second-order valence-corrected chi connectivity index (χ2v) is 4.24. The van der Waals surface area contributed by atoms with Crippen LogP contribution in [0.5, 0.6) is 0 Å². The highest BCUT2D eigenvalue weighted by atomic mass is 16.4. The van der Waals surface area contributed by atoms with Crippen LogP contribution in [-0.4, -0.2) is 35.1 Å². The summed E-state index contributed by atoms with van der Waals surface area (Å²) in [6.45, 7) is 6.13. The van der Waals surface area contributed by atoms with Crippen LogP contribution >= 0.6 is 0 Å². The number of nitrogens with zero attached hydrogens (tertiary/aromatic N) is 1. The monoisotopic (exact) mass is 185 g/mol. The highest BCUT2D eigenvalue weighted by Crippen LogP contribution is 2.18. The van der Waals surface area contributed by atoms with Crippen molar-refractivity contribution in [1.29, 1.82) is 0 Å². The Hall–Kier alpha value is -0.570. The van der Waals surface area contributed by atoms with Crippen LogP contribution in [0.25, 0.3) is 0 Å². The average molecular weight is 185 g/mol. The van der Waals surface area contributed by atoms with Gasteiger partial charge < -0.3 is 5.11 Å². The standard InChI is InChI=1S/C10H19NO2/c1-8(2)7-11-6-4-3-5-9(11)10(12)13/h8-9H,3-7H2,1-2H3,(H,12,13)/t9-/m1/s1. The van der Waals surface area contributed by atoms with Gasteiger partial charge in [-0.3, -0.25) is 9.69 Å².